The maximum absolute atomic E-state index is 12.1. The smallest absolute Gasteiger partial charge is 0.346 e. The Kier molecular flexibility index (Phi) is 6.50. The molecule has 0 aliphatic heterocycles. The quantitative estimate of drug-likeness (QED) is 0.467. The van der Waals surface area contributed by atoms with Crippen LogP contribution in [-0.2, 0) is 11.2 Å². The first-order valence-corrected chi connectivity index (χ1v) is 7.41. The molecule has 0 saturated carbocycles. The van der Waals surface area contributed by atoms with Crippen molar-refractivity contribution in [1.29, 1.82) is 0 Å². The van der Waals surface area contributed by atoms with E-state index in [1.54, 1.807) is 14.1 Å². The normalized spacial score (nSPS) is 12.0. The summed E-state index contributed by atoms with van der Waals surface area (Å²) in [5, 5.41) is 7.20. The third-order valence-electron chi connectivity index (χ3n) is 2.52. The van der Waals surface area contributed by atoms with E-state index >= 15 is 0 Å². The van der Waals surface area contributed by atoms with Crippen molar-refractivity contribution < 1.29 is 9.59 Å². The number of aromatic nitrogens is 3. The van der Waals surface area contributed by atoms with Crippen LogP contribution in [0.25, 0.3) is 0 Å². The maximum atomic E-state index is 12.1. The molecule has 0 aliphatic carbocycles. The number of thioether (sulfide) groups is 1. The molecule has 1 aromatic rings. The average molecular weight is 299 g/mol. The average Bonchev–Trinajstić information content (AvgIpc) is 2.78. The number of hydrogen-bond acceptors (Lipinski definition) is 5. The van der Waals surface area contributed by atoms with E-state index in [-0.39, 0.29) is 11.4 Å². The van der Waals surface area contributed by atoms with Gasteiger partial charge in [-0.1, -0.05) is 25.1 Å². The molecule has 0 saturated heterocycles. The number of nitrogens with one attached hydrogen (secondary N) is 1. The first kappa shape index (κ1) is 16.5. The molecule has 0 aromatic carbocycles. The summed E-state index contributed by atoms with van der Waals surface area (Å²) in [4.78, 5) is 28.3. The predicted molar refractivity (Wildman–Crippen MR) is 77.6 cm³/mol. The van der Waals surface area contributed by atoms with Gasteiger partial charge in [0.25, 0.3) is 0 Å². The highest BCUT2D eigenvalue weighted by molar-refractivity contribution is 7.99. The Labute approximate surface area is 123 Å². The maximum Gasteiger partial charge on any atom is 0.346 e. The van der Waals surface area contributed by atoms with Crippen molar-refractivity contribution in [2.45, 2.75) is 43.6 Å². The Bertz CT molecular complexity index is 461. The fourth-order valence-corrected chi connectivity index (χ4v) is 2.27. The van der Waals surface area contributed by atoms with E-state index in [1.165, 1.54) is 21.3 Å². The molecule has 1 heterocycles. The molecule has 1 aromatic heterocycles. The highest BCUT2D eigenvalue weighted by Gasteiger charge is 2.19. The Morgan fingerprint density at radius 2 is 2.25 bits per heavy atom. The van der Waals surface area contributed by atoms with Crippen molar-refractivity contribution in [2.75, 3.05) is 14.1 Å². The lowest BCUT2D eigenvalue weighted by atomic mass is 10.2. The second-order valence-corrected chi connectivity index (χ2v) is 5.86. The minimum absolute atomic E-state index is 0.176. The van der Waals surface area contributed by atoms with E-state index in [0.717, 1.165) is 19.3 Å². The van der Waals surface area contributed by atoms with Gasteiger partial charge >= 0.3 is 6.03 Å². The van der Waals surface area contributed by atoms with Crippen LogP contribution in [0, 0.1) is 0 Å². The molecular weight excluding hydrogens is 278 g/mol. The molecule has 1 unspecified atom stereocenters. The fourth-order valence-electron chi connectivity index (χ4n) is 1.46. The molecule has 20 heavy (non-hydrogen) atoms. The molecule has 0 aliphatic rings. The summed E-state index contributed by atoms with van der Waals surface area (Å²) >= 11 is 1.29. The number of rotatable bonds is 7. The zero-order valence-corrected chi connectivity index (χ0v) is 13.1. The van der Waals surface area contributed by atoms with Gasteiger partial charge in [-0.05, 0) is 13.3 Å². The van der Waals surface area contributed by atoms with Crippen molar-refractivity contribution in [1.82, 2.24) is 25.0 Å². The van der Waals surface area contributed by atoms with Gasteiger partial charge in [-0.3, -0.25) is 4.79 Å². The van der Waals surface area contributed by atoms with Crippen LogP contribution in [-0.4, -0.2) is 51.6 Å². The summed E-state index contributed by atoms with van der Waals surface area (Å²) < 4.78 is 1.29. The van der Waals surface area contributed by atoms with Gasteiger partial charge in [0.2, 0.25) is 6.41 Å². The molecule has 0 radical (unpaired) electrons. The van der Waals surface area contributed by atoms with Crippen molar-refractivity contribution in [2.24, 2.45) is 0 Å². The highest BCUT2D eigenvalue weighted by atomic mass is 32.2. The SMILES string of the molecule is CCCCc1nc(SC(C)NC=O)n(C(=O)N(C)C)n1. The first-order valence-electron chi connectivity index (χ1n) is 6.53. The number of nitrogens with zero attached hydrogens (tertiary/aromatic N) is 4. The summed E-state index contributed by atoms with van der Waals surface area (Å²) in [6.07, 6.45) is 3.39. The number of unbranched alkanes of at least 4 members (excludes halogenated alkanes) is 1. The Balaban J connectivity index is 2.95. The van der Waals surface area contributed by atoms with Gasteiger partial charge < -0.3 is 10.2 Å². The molecule has 1 rings (SSSR count). The predicted octanol–water partition coefficient (Wildman–Crippen LogP) is 1.33. The zero-order chi connectivity index (χ0) is 15.1. The number of aryl methyl sites for hydroxylation is 1. The molecule has 1 N–H and O–H groups in total. The minimum Gasteiger partial charge on any atom is -0.347 e. The first-order chi connectivity index (χ1) is 9.49. The lowest BCUT2D eigenvalue weighted by Gasteiger charge is -2.12. The van der Waals surface area contributed by atoms with Crippen molar-refractivity contribution in [3.8, 4) is 0 Å². The molecule has 112 valence electrons. The van der Waals surface area contributed by atoms with Crippen LogP contribution < -0.4 is 5.32 Å². The summed E-state index contributed by atoms with van der Waals surface area (Å²) in [7, 11) is 3.33. The van der Waals surface area contributed by atoms with Gasteiger partial charge in [0.1, 0.15) is 0 Å². The van der Waals surface area contributed by atoms with Gasteiger partial charge in [-0.2, -0.15) is 4.68 Å². The second-order valence-electron chi connectivity index (χ2n) is 4.55. The number of hydrogen-bond donors (Lipinski definition) is 1. The lowest BCUT2D eigenvalue weighted by molar-refractivity contribution is -0.109. The number of carbonyl (C=O) groups is 2. The standard InChI is InChI=1S/C12H21N5O2S/c1-5-6-7-10-14-11(20-9(2)13-8-18)17(15-10)12(19)16(3)4/h8-9H,5-7H2,1-4H3,(H,13,18). The van der Waals surface area contributed by atoms with Crippen LogP contribution >= 0.6 is 11.8 Å². The summed E-state index contributed by atoms with van der Waals surface area (Å²) in [5.74, 6) is 0.655. The van der Waals surface area contributed by atoms with E-state index < -0.39 is 0 Å². The van der Waals surface area contributed by atoms with E-state index in [1.807, 2.05) is 6.92 Å². The van der Waals surface area contributed by atoms with Gasteiger partial charge in [0, 0.05) is 20.5 Å². The number of carbonyl (C=O) groups excluding carboxylic acids is 2. The highest BCUT2D eigenvalue weighted by Crippen LogP contribution is 2.20. The zero-order valence-electron chi connectivity index (χ0n) is 12.3. The Hall–Kier alpha value is -1.57. The third-order valence-corrected chi connectivity index (χ3v) is 3.49. The minimum atomic E-state index is -0.249. The molecule has 2 amide bonds. The number of amides is 2. The summed E-state index contributed by atoms with van der Waals surface area (Å²) in [5.41, 5.74) is 0. The van der Waals surface area contributed by atoms with Crippen LogP contribution in [0.15, 0.2) is 5.16 Å². The summed E-state index contributed by atoms with van der Waals surface area (Å²) in [6, 6.07) is -0.249. The lowest BCUT2D eigenvalue weighted by Crippen LogP contribution is -2.29. The van der Waals surface area contributed by atoms with Crippen LogP contribution in [0.2, 0.25) is 0 Å². The second kappa shape index (κ2) is 7.88. The molecule has 0 fully saturated rings. The largest absolute Gasteiger partial charge is 0.347 e. The van der Waals surface area contributed by atoms with Gasteiger partial charge in [-0.15, -0.1) is 5.10 Å². The van der Waals surface area contributed by atoms with E-state index in [9.17, 15) is 9.59 Å². The topological polar surface area (TPSA) is 80.1 Å². The van der Waals surface area contributed by atoms with Crippen LogP contribution in [0.4, 0.5) is 4.79 Å². The van der Waals surface area contributed by atoms with Crippen molar-refractivity contribution >= 4 is 24.2 Å². The van der Waals surface area contributed by atoms with Crippen molar-refractivity contribution in [3.63, 3.8) is 0 Å². The molecule has 0 spiro atoms. The fraction of sp³-hybridized carbons (Fsp3) is 0.667. The molecule has 0 bridgehead atoms. The molecule has 1 atom stereocenters. The molecule has 7 nitrogen and oxygen atoms in total. The van der Waals surface area contributed by atoms with Crippen LogP contribution in [0.1, 0.15) is 32.5 Å². The van der Waals surface area contributed by atoms with Gasteiger partial charge in [0.15, 0.2) is 11.0 Å². The van der Waals surface area contributed by atoms with Gasteiger partial charge in [0.05, 0.1) is 5.37 Å². The van der Waals surface area contributed by atoms with Crippen molar-refractivity contribution in [3.05, 3.63) is 5.82 Å². The van der Waals surface area contributed by atoms with E-state index in [0.29, 0.717) is 17.4 Å². The van der Waals surface area contributed by atoms with Crippen LogP contribution in [0.5, 0.6) is 0 Å². The Morgan fingerprint density at radius 1 is 1.55 bits per heavy atom. The van der Waals surface area contributed by atoms with E-state index in [2.05, 4.69) is 22.3 Å². The van der Waals surface area contributed by atoms with E-state index in [4.69, 9.17) is 0 Å². The van der Waals surface area contributed by atoms with Gasteiger partial charge in [-0.25, -0.2) is 9.78 Å². The van der Waals surface area contributed by atoms with Crippen LogP contribution in [0.3, 0.4) is 0 Å². The molecule has 8 heteroatoms. The monoisotopic (exact) mass is 299 g/mol. The Morgan fingerprint density at radius 3 is 2.80 bits per heavy atom. The summed E-state index contributed by atoms with van der Waals surface area (Å²) in [6.45, 7) is 3.91. The third kappa shape index (κ3) is 4.52. The molecular formula is C12H21N5O2S.